The van der Waals surface area contributed by atoms with Crippen LogP contribution in [0.4, 0.5) is 5.69 Å². The van der Waals surface area contributed by atoms with Crippen molar-refractivity contribution in [3.63, 3.8) is 0 Å². The molecule has 4 nitrogen and oxygen atoms in total. The third kappa shape index (κ3) is 2.23. The molecule has 0 amide bonds. The Balaban J connectivity index is 1.79. The topological polar surface area (TPSA) is 33.7 Å². The maximum atomic E-state index is 6.36. The van der Waals surface area contributed by atoms with Crippen molar-refractivity contribution in [1.29, 1.82) is 0 Å². The Hall–Kier alpha value is -2.27. The number of thiocarbonyl (C=S) groups is 1. The minimum atomic E-state index is -0.520. The van der Waals surface area contributed by atoms with Gasteiger partial charge in [-0.3, -0.25) is 4.90 Å². The average Bonchev–Trinajstić information content (AvgIpc) is 2.54. The maximum Gasteiger partial charge on any atom is 0.188 e. The molecule has 1 fully saturated rings. The van der Waals surface area contributed by atoms with Gasteiger partial charge in [0.2, 0.25) is 0 Å². The van der Waals surface area contributed by atoms with Crippen LogP contribution in [0, 0.1) is 0 Å². The molecule has 118 valence electrons. The zero-order valence-electron chi connectivity index (χ0n) is 13.1. The van der Waals surface area contributed by atoms with Crippen molar-refractivity contribution in [3.8, 4) is 11.5 Å². The summed E-state index contributed by atoms with van der Waals surface area (Å²) in [6, 6.07) is 16.2. The van der Waals surface area contributed by atoms with Crippen LogP contribution in [-0.4, -0.2) is 17.9 Å². The Morgan fingerprint density at radius 1 is 1.26 bits per heavy atom. The lowest BCUT2D eigenvalue weighted by Crippen LogP contribution is -2.65. The van der Waals surface area contributed by atoms with Crippen LogP contribution in [-0.2, 0) is 0 Å². The van der Waals surface area contributed by atoms with Crippen LogP contribution < -0.4 is 19.7 Å². The fourth-order valence-corrected chi connectivity index (χ4v) is 3.90. The second kappa shape index (κ2) is 5.13. The summed E-state index contributed by atoms with van der Waals surface area (Å²) in [5, 5.41) is 4.12. The third-order valence-electron chi connectivity index (χ3n) is 4.49. The van der Waals surface area contributed by atoms with Crippen LogP contribution in [0.3, 0.4) is 0 Å². The van der Waals surface area contributed by atoms with Crippen molar-refractivity contribution in [1.82, 2.24) is 5.32 Å². The Kier molecular flexibility index (Phi) is 3.20. The first kappa shape index (κ1) is 14.3. The maximum absolute atomic E-state index is 6.36. The molecule has 0 saturated carbocycles. The first-order chi connectivity index (χ1) is 11.1. The predicted molar refractivity (Wildman–Crippen MR) is 94.0 cm³/mol. The van der Waals surface area contributed by atoms with Crippen LogP contribution in [0.5, 0.6) is 11.5 Å². The highest BCUT2D eigenvalue weighted by molar-refractivity contribution is 7.80. The molecular formula is C18H18N2O2S. The molecule has 5 heteroatoms. The Morgan fingerprint density at radius 3 is 2.91 bits per heavy atom. The van der Waals surface area contributed by atoms with Crippen LogP contribution in [0.25, 0.3) is 0 Å². The number of nitrogens with one attached hydrogen (secondary N) is 1. The van der Waals surface area contributed by atoms with Gasteiger partial charge in [0.1, 0.15) is 11.5 Å². The zero-order valence-corrected chi connectivity index (χ0v) is 13.9. The summed E-state index contributed by atoms with van der Waals surface area (Å²) in [5.74, 6) is 1.71. The lowest BCUT2D eigenvalue weighted by molar-refractivity contribution is 0.0497. The molecule has 2 bridgehead atoms. The molecule has 2 aromatic carbocycles. The highest BCUT2D eigenvalue weighted by atomic mass is 32.1. The monoisotopic (exact) mass is 326 g/mol. The Labute approximate surface area is 141 Å². The van der Waals surface area contributed by atoms with E-state index in [1.807, 2.05) is 47.4 Å². The molecule has 2 aliphatic heterocycles. The van der Waals surface area contributed by atoms with Gasteiger partial charge in [-0.1, -0.05) is 24.3 Å². The van der Waals surface area contributed by atoms with E-state index in [2.05, 4.69) is 18.3 Å². The van der Waals surface area contributed by atoms with E-state index in [1.165, 1.54) is 0 Å². The van der Waals surface area contributed by atoms with E-state index >= 15 is 0 Å². The summed E-state index contributed by atoms with van der Waals surface area (Å²) in [7, 11) is 1.66. The summed E-state index contributed by atoms with van der Waals surface area (Å²) >= 11 is 5.64. The number of para-hydroxylation sites is 1. The summed E-state index contributed by atoms with van der Waals surface area (Å²) in [6.07, 6.45) is 0.821. The van der Waals surface area contributed by atoms with Gasteiger partial charge in [-0.2, -0.15) is 0 Å². The molecule has 1 N–H and O–H groups in total. The van der Waals surface area contributed by atoms with E-state index in [9.17, 15) is 0 Å². The van der Waals surface area contributed by atoms with Crippen molar-refractivity contribution in [3.05, 3.63) is 54.1 Å². The van der Waals surface area contributed by atoms with E-state index < -0.39 is 5.72 Å². The number of methoxy groups -OCH3 is 1. The van der Waals surface area contributed by atoms with Crippen molar-refractivity contribution >= 4 is 23.0 Å². The van der Waals surface area contributed by atoms with E-state index in [1.54, 1.807) is 7.11 Å². The average molecular weight is 326 g/mol. The summed E-state index contributed by atoms with van der Waals surface area (Å²) < 4.78 is 11.7. The lowest BCUT2D eigenvalue weighted by atomic mass is 9.90. The molecule has 2 aliphatic rings. The van der Waals surface area contributed by atoms with Gasteiger partial charge in [0.15, 0.2) is 10.8 Å². The van der Waals surface area contributed by atoms with E-state index in [-0.39, 0.29) is 6.04 Å². The standard InChI is InChI=1S/C18H18N2O2S/c1-18-11-15(14-8-3-4-9-16(14)22-18)19-17(23)20(18)12-6-5-7-13(10-12)21-2/h3-10,15H,11H2,1-2H3,(H,19,23)/t15-,18+/m0/s1. The number of hydrogen-bond acceptors (Lipinski definition) is 3. The number of ether oxygens (including phenoxy) is 2. The molecular weight excluding hydrogens is 308 g/mol. The molecule has 2 aromatic rings. The Bertz CT molecular complexity index is 779. The Morgan fingerprint density at radius 2 is 2.09 bits per heavy atom. The van der Waals surface area contributed by atoms with Crippen LogP contribution >= 0.6 is 12.2 Å². The van der Waals surface area contributed by atoms with Gasteiger partial charge in [-0.05, 0) is 37.3 Å². The fourth-order valence-electron chi connectivity index (χ4n) is 3.46. The molecule has 0 spiro atoms. The van der Waals surface area contributed by atoms with Gasteiger partial charge in [0.05, 0.1) is 18.8 Å². The summed E-state index contributed by atoms with van der Waals surface area (Å²) in [4.78, 5) is 2.04. The second-order valence-electron chi connectivity index (χ2n) is 6.06. The van der Waals surface area contributed by atoms with Crippen LogP contribution in [0.2, 0.25) is 0 Å². The number of anilines is 1. The van der Waals surface area contributed by atoms with E-state index in [0.717, 1.165) is 29.2 Å². The van der Waals surface area contributed by atoms with Crippen molar-refractivity contribution in [2.75, 3.05) is 12.0 Å². The van der Waals surface area contributed by atoms with Gasteiger partial charge < -0.3 is 14.8 Å². The van der Waals surface area contributed by atoms with E-state index in [4.69, 9.17) is 21.7 Å². The number of benzene rings is 2. The minimum absolute atomic E-state index is 0.180. The third-order valence-corrected chi connectivity index (χ3v) is 4.79. The van der Waals surface area contributed by atoms with Crippen molar-refractivity contribution in [2.45, 2.75) is 25.1 Å². The number of hydrogen-bond donors (Lipinski definition) is 1. The summed E-state index contributed by atoms with van der Waals surface area (Å²) in [6.45, 7) is 2.09. The normalized spacial score (nSPS) is 25.2. The van der Waals surface area contributed by atoms with E-state index in [0.29, 0.717) is 5.11 Å². The van der Waals surface area contributed by atoms with Gasteiger partial charge in [-0.25, -0.2) is 0 Å². The molecule has 0 unspecified atom stereocenters. The molecule has 2 atom stereocenters. The molecule has 4 rings (SSSR count). The van der Waals surface area contributed by atoms with Crippen LogP contribution in [0.15, 0.2) is 48.5 Å². The largest absolute Gasteiger partial charge is 0.497 e. The molecule has 0 radical (unpaired) electrons. The van der Waals surface area contributed by atoms with Gasteiger partial charge >= 0.3 is 0 Å². The fraction of sp³-hybridized carbons (Fsp3) is 0.278. The van der Waals surface area contributed by atoms with Gasteiger partial charge in [0.25, 0.3) is 0 Å². The minimum Gasteiger partial charge on any atom is -0.497 e. The zero-order chi connectivity index (χ0) is 16.0. The van der Waals surface area contributed by atoms with Crippen molar-refractivity contribution in [2.24, 2.45) is 0 Å². The summed E-state index contributed by atoms with van der Waals surface area (Å²) in [5.41, 5.74) is 1.60. The molecule has 0 aliphatic carbocycles. The second-order valence-corrected chi connectivity index (χ2v) is 6.44. The number of nitrogens with zero attached hydrogens (tertiary/aromatic N) is 1. The van der Waals surface area contributed by atoms with Gasteiger partial charge in [-0.15, -0.1) is 0 Å². The molecule has 23 heavy (non-hydrogen) atoms. The first-order valence-corrected chi connectivity index (χ1v) is 8.04. The quantitative estimate of drug-likeness (QED) is 0.852. The molecule has 0 aromatic heterocycles. The van der Waals surface area contributed by atoms with Gasteiger partial charge in [0, 0.05) is 18.1 Å². The first-order valence-electron chi connectivity index (χ1n) is 7.63. The lowest BCUT2D eigenvalue weighted by Gasteiger charge is -2.52. The highest BCUT2D eigenvalue weighted by Crippen LogP contribution is 2.45. The predicted octanol–water partition coefficient (Wildman–Crippen LogP) is 3.63. The number of rotatable bonds is 2. The highest BCUT2D eigenvalue weighted by Gasteiger charge is 2.48. The molecule has 1 saturated heterocycles. The van der Waals surface area contributed by atoms with Crippen molar-refractivity contribution < 1.29 is 9.47 Å². The number of fused-ring (bicyclic) bond motifs is 4. The SMILES string of the molecule is COc1cccc(N2C(=S)N[C@H]3C[C@@]2(C)Oc2ccccc23)c1. The smallest absolute Gasteiger partial charge is 0.188 e. The molecule has 2 heterocycles. The van der Waals surface area contributed by atoms with Crippen LogP contribution in [0.1, 0.15) is 24.9 Å².